The number of amides is 1. The van der Waals surface area contributed by atoms with Gasteiger partial charge in [0.2, 0.25) is 0 Å². The number of phenols is 1. The summed E-state index contributed by atoms with van der Waals surface area (Å²) in [5.41, 5.74) is -0.225. The van der Waals surface area contributed by atoms with Crippen molar-refractivity contribution in [1.29, 1.82) is 0 Å². The van der Waals surface area contributed by atoms with Gasteiger partial charge in [0.1, 0.15) is 0 Å². The minimum atomic E-state index is -5.14. The van der Waals surface area contributed by atoms with Gasteiger partial charge in [0, 0.05) is 6.42 Å². The zero-order chi connectivity index (χ0) is 18.2. The second-order valence-electron chi connectivity index (χ2n) is 5.22. The van der Waals surface area contributed by atoms with Crippen LogP contribution in [0.15, 0.2) is 18.2 Å². The van der Waals surface area contributed by atoms with Crippen LogP contribution in [0.5, 0.6) is 5.75 Å². The summed E-state index contributed by atoms with van der Waals surface area (Å²) in [5.74, 6) is -1.07. The summed E-state index contributed by atoms with van der Waals surface area (Å²) in [6, 6.07) is 3.71. The molecule has 0 radical (unpaired) electrons. The topological polar surface area (TPSA) is 144 Å². The molecule has 1 aromatic carbocycles. The average molecular weight is 391 g/mol. The van der Waals surface area contributed by atoms with Gasteiger partial charge in [0.15, 0.2) is 0 Å². The Morgan fingerprint density at radius 1 is 1.26 bits per heavy atom. The van der Waals surface area contributed by atoms with Gasteiger partial charge in [-0.25, -0.2) is 0 Å². The van der Waals surface area contributed by atoms with Crippen molar-refractivity contribution in [3.8, 4) is 5.75 Å². The molecular formula is C14H22AsNO7. The molecule has 0 aliphatic rings. The summed E-state index contributed by atoms with van der Waals surface area (Å²) < 4.78 is 28.8. The minimum absolute atomic E-state index is 0.225. The molecule has 0 aliphatic heterocycles. The number of phenolic OH excluding ortho intramolecular Hbond substituents is 1. The Labute approximate surface area is 137 Å². The number of hydrogen-bond acceptors (Lipinski definition) is 4. The molecule has 9 heteroatoms. The molecule has 1 amide bonds. The van der Waals surface area contributed by atoms with Crippen molar-refractivity contribution in [1.82, 2.24) is 0 Å². The number of carboxylic acids is 1. The summed E-state index contributed by atoms with van der Waals surface area (Å²) in [5, 5.41) is 19.7. The number of hydrogen-bond donors (Lipinski definition) is 5. The molecule has 23 heavy (non-hydrogen) atoms. The first-order valence-corrected chi connectivity index (χ1v) is 10.2. The third-order valence-corrected chi connectivity index (χ3v) is 4.67. The van der Waals surface area contributed by atoms with Gasteiger partial charge in [-0.15, -0.1) is 0 Å². The van der Waals surface area contributed by atoms with E-state index >= 15 is 0 Å². The Kier molecular flexibility index (Phi) is 8.67. The maximum atomic E-state index is 11.1. The molecule has 0 saturated heterocycles. The van der Waals surface area contributed by atoms with E-state index in [2.05, 4.69) is 5.32 Å². The number of nitrogens with one attached hydrogen (secondary N) is 1. The molecule has 130 valence electrons. The monoisotopic (exact) mass is 391 g/mol. The Morgan fingerprint density at radius 2 is 1.83 bits per heavy atom. The van der Waals surface area contributed by atoms with Crippen LogP contribution in [0.25, 0.3) is 0 Å². The van der Waals surface area contributed by atoms with E-state index in [-0.39, 0.29) is 15.8 Å². The van der Waals surface area contributed by atoms with Crippen molar-refractivity contribution in [2.24, 2.45) is 5.92 Å². The first-order chi connectivity index (χ1) is 10.4. The van der Waals surface area contributed by atoms with E-state index in [1.807, 2.05) is 13.8 Å². The van der Waals surface area contributed by atoms with Crippen molar-refractivity contribution in [3.05, 3.63) is 18.2 Å². The first kappa shape index (κ1) is 21.2. The molecule has 0 unspecified atom stereocenters. The van der Waals surface area contributed by atoms with Crippen LogP contribution < -0.4 is 9.67 Å². The summed E-state index contributed by atoms with van der Waals surface area (Å²) >= 11 is -5.14. The van der Waals surface area contributed by atoms with E-state index in [1.54, 1.807) is 0 Å². The molecule has 8 nitrogen and oxygen atoms in total. The van der Waals surface area contributed by atoms with E-state index in [0.29, 0.717) is 12.3 Å². The Bertz CT molecular complexity index is 595. The number of para-hydroxylation sites is 1. The van der Waals surface area contributed by atoms with E-state index < -0.39 is 26.0 Å². The molecule has 0 aromatic heterocycles. The maximum absolute atomic E-state index is 11.1. The molecule has 0 saturated carbocycles. The normalized spacial score (nSPS) is 10.7. The van der Waals surface area contributed by atoms with Crippen molar-refractivity contribution in [3.63, 3.8) is 0 Å². The molecule has 0 heterocycles. The quantitative estimate of drug-likeness (QED) is 0.361. The molecular weight excluding hydrogens is 369 g/mol. The summed E-state index contributed by atoms with van der Waals surface area (Å²) in [7, 11) is 0. The molecule has 0 atom stereocenters. The predicted molar refractivity (Wildman–Crippen MR) is 84.6 cm³/mol. The number of anilines is 1. The number of aliphatic carboxylic acids is 1. The summed E-state index contributed by atoms with van der Waals surface area (Å²) in [4.78, 5) is 20.7. The van der Waals surface area contributed by atoms with Crippen molar-refractivity contribution in [2.75, 3.05) is 5.32 Å². The van der Waals surface area contributed by atoms with Crippen LogP contribution in [0.4, 0.5) is 5.69 Å². The first-order valence-electron chi connectivity index (χ1n) is 6.82. The predicted octanol–water partition coefficient (Wildman–Crippen LogP) is 0.419. The van der Waals surface area contributed by atoms with Crippen molar-refractivity contribution in [2.45, 2.75) is 33.6 Å². The summed E-state index contributed by atoms with van der Waals surface area (Å²) in [6.45, 7) is 5.22. The molecule has 0 spiro atoms. The zero-order valence-corrected chi connectivity index (χ0v) is 15.1. The number of benzene rings is 1. The number of carbonyl (C=O) groups excluding carboxylic acids is 1. The van der Waals surface area contributed by atoms with Crippen LogP contribution in [-0.4, -0.2) is 44.5 Å². The zero-order valence-electron chi connectivity index (χ0n) is 13.2. The Morgan fingerprint density at radius 3 is 2.17 bits per heavy atom. The maximum Gasteiger partial charge on any atom is 0.303 e. The van der Waals surface area contributed by atoms with Gasteiger partial charge in [0.25, 0.3) is 0 Å². The van der Waals surface area contributed by atoms with Gasteiger partial charge >= 0.3 is 94.1 Å². The number of carbonyl (C=O) groups is 2. The fourth-order valence-corrected chi connectivity index (χ4v) is 3.04. The fraction of sp³-hybridized carbons (Fsp3) is 0.429. The molecule has 5 N–H and O–H groups in total. The van der Waals surface area contributed by atoms with Gasteiger partial charge in [0.05, 0.1) is 0 Å². The smallest absolute Gasteiger partial charge is 0.303 e. The number of rotatable bonds is 5. The Balaban J connectivity index is 0.000000515. The van der Waals surface area contributed by atoms with Crippen LogP contribution in [0, 0.1) is 5.92 Å². The van der Waals surface area contributed by atoms with Crippen LogP contribution in [0.2, 0.25) is 0 Å². The minimum Gasteiger partial charge on any atom is -0.481 e. The molecule has 1 aromatic rings. The second kappa shape index (κ2) is 9.39. The SMILES string of the molecule is CC(=O)Nc1c(O)cccc1[As](=O)(O)O.CC(C)CCC(=O)O. The van der Waals surface area contributed by atoms with E-state index in [4.69, 9.17) is 13.3 Å². The van der Waals surface area contributed by atoms with E-state index in [1.165, 1.54) is 25.1 Å². The van der Waals surface area contributed by atoms with Gasteiger partial charge < -0.3 is 5.11 Å². The second-order valence-corrected chi connectivity index (χ2v) is 8.52. The van der Waals surface area contributed by atoms with Gasteiger partial charge in [-0.05, 0) is 12.3 Å². The third-order valence-electron chi connectivity index (χ3n) is 2.57. The Hall–Kier alpha value is -1.76. The van der Waals surface area contributed by atoms with Crippen molar-refractivity contribution < 1.29 is 31.7 Å². The number of aromatic hydroxyl groups is 1. The largest absolute Gasteiger partial charge is 0.481 e. The van der Waals surface area contributed by atoms with Gasteiger partial charge in [-0.2, -0.15) is 0 Å². The average Bonchev–Trinajstić information content (AvgIpc) is 2.37. The van der Waals surface area contributed by atoms with Gasteiger partial charge in [-0.1, -0.05) is 13.8 Å². The fourth-order valence-electron chi connectivity index (χ4n) is 1.49. The standard InChI is InChI=1S/C8H10AsNO5.C6H12O2/c1-5(11)10-8-6(9(13,14)15)3-2-4-7(8)12;1-5(2)3-4-6(7)8/h2-4,12H,1H3,(H,10,11)(H2,13,14,15);5H,3-4H2,1-2H3,(H,7,8). The molecule has 0 aliphatic carbocycles. The third kappa shape index (κ3) is 9.07. The van der Waals surface area contributed by atoms with Crippen LogP contribution >= 0.6 is 0 Å². The number of carboxylic acid groups (broad SMARTS) is 1. The van der Waals surface area contributed by atoms with E-state index in [9.17, 15) is 18.4 Å². The molecule has 0 fully saturated rings. The van der Waals surface area contributed by atoms with E-state index in [0.717, 1.165) is 6.42 Å². The molecule has 1 rings (SSSR count). The van der Waals surface area contributed by atoms with Crippen LogP contribution in [0.3, 0.4) is 0 Å². The van der Waals surface area contributed by atoms with Crippen LogP contribution in [0.1, 0.15) is 33.6 Å². The van der Waals surface area contributed by atoms with Crippen molar-refractivity contribution >= 4 is 36.1 Å². The molecule has 0 bridgehead atoms. The summed E-state index contributed by atoms with van der Waals surface area (Å²) in [6.07, 6.45) is 1.09. The van der Waals surface area contributed by atoms with Gasteiger partial charge in [-0.3, -0.25) is 4.79 Å². The van der Waals surface area contributed by atoms with Crippen LogP contribution in [-0.2, 0) is 13.3 Å².